The van der Waals surface area contributed by atoms with E-state index in [0.29, 0.717) is 24.6 Å². The van der Waals surface area contributed by atoms with Crippen LogP contribution < -0.4 is 5.32 Å². The van der Waals surface area contributed by atoms with Crippen molar-refractivity contribution in [3.8, 4) is 0 Å². The number of halogens is 4. The summed E-state index contributed by atoms with van der Waals surface area (Å²) in [5.74, 6) is 0.920. The molecule has 2 aliphatic heterocycles. The van der Waals surface area contributed by atoms with Gasteiger partial charge in [-0.05, 0) is 37.3 Å². The first kappa shape index (κ1) is 26.2. The minimum Gasteiger partial charge on any atom is -0.379 e. The lowest BCUT2D eigenvalue weighted by molar-refractivity contribution is -0.137. The van der Waals surface area contributed by atoms with Gasteiger partial charge in [0.25, 0.3) is 0 Å². The smallest absolute Gasteiger partial charge is 0.379 e. The lowest BCUT2D eigenvalue weighted by Crippen LogP contribution is -2.46. The molecule has 2 saturated heterocycles. The third kappa shape index (κ3) is 7.49. The Morgan fingerprint density at radius 1 is 1.26 bits per heavy atom. The number of aliphatic imine (C=N–C) groups is 1. The largest absolute Gasteiger partial charge is 0.416 e. The van der Waals surface area contributed by atoms with E-state index in [9.17, 15) is 13.2 Å². The van der Waals surface area contributed by atoms with E-state index in [0.717, 1.165) is 64.4 Å². The molecule has 2 heterocycles. The molecule has 176 valence electrons. The van der Waals surface area contributed by atoms with Crippen LogP contribution in [0.2, 0.25) is 0 Å². The molecule has 1 aromatic carbocycles. The van der Waals surface area contributed by atoms with Crippen LogP contribution in [-0.4, -0.2) is 74.3 Å². The number of hydrogen-bond acceptors (Lipinski definition) is 3. The summed E-state index contributed by atoms with van der Waals surface area (Å²) >= 11 is 0. The van der Waals surface area contributed by atoms with E-state index in [1.165, 1.54) is 12.1 Å². The van der Waals surface area contributed by atoms with Crippen LogP contribution in [0.5, 0.6) is 0 Å². The van der Waals surface area contributed by atoms with E-state index in [2.05, 4.69) is 22.0 Å². The van der Waals surface area contributed by atoms with Gasteiger partial charge in [-0.3, -0.25) is 9.89 Å². The third-order valence-corrected chi connectivity index (χ3v) is 5.97. The van der Waals surface area contributed by atoms with Gasteiger partial charge in [-0.2, -0.15) is 13.2 Å². The topological polar surface area (TPSA) is 40.1 Å². The first-order chi connectivity index (χ1) is 14.4. The SMILES string of the molecule is CCNC(=NCCC(C)c1cccc(C(F)(F)F)c1)N1CCC(N2CCOCC2)C1.I. The molecular weight excluding hydrogens is 520 g/mol. The van der Waals surface area contributed by atoms with Gasteiger partial charge in [0.05, 0.1) is 18.8 Å². The molecule has 5 nitrogen and oxygen atoms in total. The van der Waals surface area contributed by atoms with Crippen LogP contribution in [-0.2, 0) is 10.9 Å². The Morgan fingerprint density at radius 3 is 2.68 bits per heavy atom. The number of benzene rings is 1. The summed E-state index contributed by atoms with van der Waals surface area (Å²) in [6.45, 7) is 10.9. The first-order valence-electron chi connectivity index (χ1n) is 10.9. The lowest BCUT2D eigenvalue weighted by atomic mass is 9.96. The van der Waals surface area contributed by atoms with Crippen LogP contribution in [0.25, 0.3) is 0 Å². The summed E-state index contributed by atoms with van der Waals surface area (Å²) in [4.78, 5) is 9.58. The number of nitrogens with zero attached hydrogens (tertiary/aromatic N) is 3. The van der Waals surface area contributed by atoms with Gasteiger partial charge in [-0.25, -0.2) is 0 Å². The Hall–Kier alpha value is -1.07. The van der Waals surface area contributed by atoms with Gasteiger partial charge in [0.2, 0.25) is 0 Å². The van der Waals surface area contributed by atoms with Gasteiger partial charge in [0.1, 0.15) is 0 Å². The van der Waals surface area contributed by atoms with Crippen molar-refractivity contribution in [3.05, 3.63) is 35.4 Å². The molecular formula is C22H34F3IN4O. The molecule has 1 aromatic rings. The Bertz CT molecular complexity index is 710. The summed E-state index contributed by atoms with van der Waals surface area (Å²) in [6.07, 6.45) is -2.49. The number of morpholine rings is 1. The van der Waals surface area contributed by atoms with Crippen LogP contribution in [0.3, 0.4) is 0 Å². The Kier molecular flexibility index (Phi) is 10.3. The zero-order valence-corrected chi connectivity index (χ0v) is 20.7. The maximum atomic E-state index is 13.0. The summed E-state index contributed by atoms with van der Waals surface area (Å²) in [5.41, 5.74) is 0.119. The maximum absolute atomic E-state index is 13.0. The van der Waals surface area contributed by atoms with Crippen molar-refractivity contribution in [3.63, 3.8) is 0 Å². The highest BCUT2D eigenvalue weighted by Gasteiger charge is 2.31. The van der Waals surface area contributed by atoms with Crippen LogP contribution >= 0.6 is 24.0 Å². The Balaban J connectivity index is 0.00000341. The molecule has 31 heavy (non-hydrogen) atoms. The average Bonchev–Trinajstić information content (AvgIpc) is 3.23. The molecule has 2 aliphatic rings. The van der Waals surface area contributed by atoms with Crippen molar-refractivity contribution in [2.75, 3.05) is 52.5 Å². The fourth-order valence-corrected chi connectivity index (χ4v) is 4.15. The van der Waals surface area contributed by atoms with Crippen molar-refractivity contribution >= 4 is 29.9 Å². The second kappa shape index (κ2) is 12.2. The monoisotopic (exact) mass is 554 g/mol. The zero-order valence-electron chi connectivity index (χ0n) is 18.3. The standard InChI is InChI=1S/C22H33F3N4O.HI/c1-3-26-21(29-10-8-20(16-29)28-11-13-30-14-12-28)27-9-7-17(2)18-5-4-6-19(15-18)22(23,24)25;/h4-6,15,17,20H,3,7-14,16H2,1-2H3,(H,26,27);1H. The van der Waals surface area contributed by atoms with Crippen LogP contribution in [0.4, 0.5) is 13.2 Å². The van der Waals surface area contributed by atoms with Gasteiger partial charge in [-0.15, -0.1) is 24.0 Å². The van der Waals surface area contributed by atoms with Crippen LogP contribution in [0, 0.1) is 0 Å². The van der Waals surface area contributed by atoms with Crippen molar-refractivity contribution in [1.29, 1.82) is 0 Å². The fourth-order valence-electron chi connectivity index (χ4n) is 4.15. The summed E-state index contributed by atoms with van der Waals surface area (Å²) < 4.78 is 44.4. The van der Waals surface area contributed by atoms with Crippen LogP contribution in [0.1, 0.15) is 43.7 Å². The second-order valence-electron chi connectivity index (χ2n) is 8.09. The summed E-state index contributed by atoms with van der Waals surface area (Å²) in [6, 6.07) is 6.16. The van der Waals surface area contributed by atoms with Gasteiger partial charge in [0.15, 0.2) is 5.96 Å². The second-order valence-corrected chi connectivity index (χ2v) is 8.09. The Labute approximate surface area is 200 Å². The predicted molar refractivity (Wildman–Crippen MR) is 128 cm³/mol. The molecule has 2 unspecified atom stereocenters. The van der Waals surface area contributed by atoms with E-state index in [1.807, 2.05) is 6.92 Å². The highest BCUT2D eigenvalue weighted by molar-refractivity contribution is 14.0. The molecule has 2 fully saturated rings. The van der Waals surface area contributed by atoms with Crippen molar-refractivity contribution < 1.29 is 17.9 Å². The number of guanidine groups is 1. The van der Waals surface area contributed by atoms with Gasteiger partial charge in [-0.1, -0.05) is 25.1 Å². The van der Waals surface area contributed by atoms with Crippen molar-refractivity contribution in [2.24, 2.45) is 4.99 Å². The van der Waals surface area contributed by atoms with E-state index in [4.69, 9.17) is 9.73 Å². The number of hydrogen-bond donors (Lipinski definition) is 1. The number of likely N-dealkylation sites (tertiary alicyclic amines) is 1. The van der Waals surface area contributed by atoms with E-state index in [-0.39, 0.29) is 29.9 Å². The molecule has 0 amide bonds. The number of rotatable bonds is 6. The molecule has 2 atom stereocenters. The lowest BCUT2D eigenvalue weighted by Gasteiger charge is -2.32. The molecule has 1 N–H and O–H groups in total. The minimum atomic E-state index is -4.31. The quantitative estimate of drug-likeness (QED) is 0.326. The maximum Gasteiger partial charge on any atom is 0.416 e. The normalized spacial score (nSPS) is 21.6. The molecule has 0 saturated carbocycles. The third-order valence-electron chi connectivity index (χ3n) is 5.97. The van der Waals surface area contributed by atoms with Gasteiger partial charge in [0, 0.05) is 45.3 Å². The van der Waals surface area contributed by atoms with Gasteiger partial charge >= 0.3 is 6.18 Å². The molecule has 0 aromatic heterocycles. The predicted octanol–water partition coefficient (Wildman–Crippen LogP) is 4.19. The van der Waals surface area contributed by atoms with E-state index < -0.39 is 11.7 Å². The van der Waals surface area contributed by atoms with Crippen molar-refractivity contribution in [2.45, 2.75) is 44.8 Å². The summed E-state index contributed by atoms with van der Waals surface area (Å²) in [7, 11) is 0. The fraction of sp³-hybridized carbons (Fsp3) is 0.682. The number of alkyl halides is 3. The first-order valence-corrected chi connectivity index (χ1v) is 10.9. The van der Waals surface area contributed by atoms with Crippen molar-refractivity contribution in [1.82, 2.24) is 15.1 Å². The zero-order chi connectivity index (χ0) is 21.6. The number of ether oxygens (including phenoxy) is 1. The minimum absolute atomic E-state index is 0. The average molecular weight is 554 g/mol. The van der Waals surface area contributed by atoms with E-state index >= 15 is 0 Å². The number of nitrogens with one attached hydrogen (secondary N) is 1. The molecule has 3 rings (SSSR count). The molecule has 0 bridgehead atoms. The Morgan fingerprint density at radius 2 is 2.00 bits per heavy atom. The van der Waals surface area contributed by atoms with Crippen LogP contribution in [0.15, 0.2) is 29.3 Å². The molecule has 0 aliphatic carbocycles. The molecule has 0 spiro atoms. The molecule has 0 radical (unpaired) electrons. The summed E-state index contributed by atoms with van der Waals surface area (Å²) in [5, 5.41) is 3.37. The van der Waals surface area contributed by atoms with E-state index in [1.54, 1.807) is 6.07 Å². The highest BCUT2D eigenvalue weighted by Crippen LogP contribution is 2.31. The molecule has 9 heteroatoms. The van der Waals surface area contributed by atoms with Gasteiger partial charge < -0.3 is 15.0 Å². The highest BCUT2D eigenvalue weighted by atomic mass is 127.